The second-order valence-electron chi connectivity index (χ2n) is 8.26. The van der Waals surface area contributed by atoms with E-state index in [1.165, 1.54) is 74.5 Å². The average Bonchev–Trinajstić information content (AvgIpc) is 2.74. The second kappa shape index (κ2) is 10.5. The van der Waals surface area contributed by atoms with Gasteiger partial charge in [0, 0.05) is 0 Å². The van der Waals surface area contributed by atoms with Gasteiger partial charge in [-0.3, -0.25) is 0 Å². The third-order valence-electron chi connectivity index (χ3n) is 6.27. The van der Waals surface area contributed by atoms with Crippen molar-refractivity contribution in [1.29, 1.82) is 0 Å². The van der Waals surface area contributed by atoms with Gasteiger partial charge in [0.2, 0.25) is 0 Å². The zero-order valence-corrected chi connectivity index (χ0v) is 17.3. The molecule has 0 spiro atoms. The third-order valence-corrected chi connectivity index (χ3v) is 6.27. The van der Waals surface area contributed by atoms with Crippen LogP contribution >= 0.6 is 0 Å². The molecule has 146 valence electrons. The summed E-state index contributed by atoms with van der Waals surface area (Å²) in [6, 6.07) is 17.8. The summed E-state index contributed by atoms with van der Waals surface area (Å²) < 4.78 is 5.99. The molecule has 1 heteroatoms. The average molecular weight is 365 g/mol. The van der Waals surface area contributed by atoms with Crippen molar-refractivity contribution >= 4 is 0 Å². The van der Waals surface area contributed by atoms with E-state index in [2.05, 4.69) is 62.4 Å². The molecule has 1 saturated carbocycles. The predicted octanol–water partition coefficient (Wildman–Crippen LogP) is 7.68. The predicted molar refractivity (Wildman–Crippen MR) is 115 cm³/mol. The molecule has 0 atom stereocenters. The van der Waals surface area contributed by atoms with Gasteiger partial charge in [0.15, 0.2) is 0 Å². The maximum atomic E-state index is 5.99. The zero-order valence-electron chi connectivity index (χ0n) is 17.3. The van der Waals surface area contributed by atoms with Gasteiger partial charge < -0.3 is 4.74 Å². The molecule has 2 aromatic carbocycles. The first-order valence-electron chi connectivity index (χ1n) is 11.1. The maximum Gasteiger partial charge on any atom is 0.119 e. The summed E-state index contributed by atoms with van der Waals surface area (Å²) in [5.74, 6) is 2.70. The van der Waals surface area contributed by atoms with Crippen LogP contribution < -0.4 is 4.74 Å². The number of unbranched alkanes of at least 4 members (excludes halogenated alkanes) is 2. The molecule has 0 N–H and O–H groups in total. The molecule has 0 amide bonds. The van der Waals surface area contributed by atoms with Gasteiger partial charge in [-0.25, -0.2) is 0 Å². The minimum Gasteiger partial charge on any atom is -0.489 e. The Balaban J connectivity index is 1.46. The van der Waals surface area contributed by atoms with Crippen LogP contribution in [0.25, 0.3) is 0 Å². The zero-order chi connectivity index (χ0) is 18.9. The second-order valence-corrected chi connectivity index (χ2v) is 8.26. The molecular weight excluding hydrogens is 328 g/mol. The molecule has 0 heterocycles. The lowest BCUT2D eigenvalue weighted by Gasteiger charge is -2.28. The summed E-state index contributed by atoms with van der Waals surface area (Å²) in [4.78, 5) is 0. The summed E-state index contributed by atoms with van der Waals surface area (Å²) in [5, 5.41) is 0. The smallest absolute Gasteiger partial charge is 0.119 e. The maximum absolute atomic E-state index is 5.99. The molecule has 1 aliphatic carbocycles. The van der Waals surface area contributed by atoms with Crippen LogP contribution in [0.3, 0.4) is 0 Å². The molecule has 0 unspecified atom stereocenters. The molecular formula is C26H36O. The molecule has 0 bridgehead atoms. The Bertz CT molecular complexity index is 648. The van der Waals surface area contributed by atoms with Crippen LogP contribution in [0.15, 0.2) is 48.5 Å². The van der Waals surface area contributed by atoms with E-state index in [1.54, 1.807) is 0 Å². The first kappa shape index (κ1) is 20.0. The van der Waals surface area contributed by atoms with Crippen LogP contribution in [0.4, 0.5) is 0 Å². The normalized spacial score (nSPS) is 19.8. The first-order valence-corrected chi connectivity index (χ1v) is 11.1. The minimum atomic E-state index is 0.651. The first-order chi connectivity index (χ1) is 13.3. The van der Waals surface area contributed by atoms with Crippen molar-refractivity contribution in [2.45, 2.75) is 84.2 Å². The number of hydrogen-bond acceptors (Lipinski definition) is 1. The van der Waals surface area contributed by atoms with Crippen molar-refractivity contribution in [3.8, 4) is 5.75 Å². The fraction of sp³-hybridized carbons (Fsp3) is 0.538. The van der Waals surface area contributed by atoms with E-state index in [1.807, 2.05) is 0 Å². The van der Waals surface area contributed by atoms with Crippen molar-refractivity contribution in [2.75, 3.05) is 0 Å². The van der Waals surface area contributed by atoms with Gasteiger partial charge in [-0.2, -0.15) is 0 Å². The molecule has 1 aliphatic rings. The molecule has 2 aromatic rings. The lowest BCUT2D eigenvalue weighted by Crippen LogP contribution is -2.12. The van der Waals surface area contributed by atoms with Crippen LogP contribution in [0.2, 0.25) is 0 Å². The van der Waals surface area contributed by atoms with Crippen LogP contribution in [-0.2, 0) is 13.0 Å². The summed E-state index contributed by atoms with van der Waals surface area (Å²) in [5.41, 5.74) is 4.19. The van der Waals surface area contributed by atoms with Crippen LogP contribution in [0.5, 0.6) is 5.75 Å². The highest BCUT2D eigenvalue weighted by Gasteiger charge is 2.21. The van der Waals surface area contributed by atoms with E-state index in [-0.39, 0.29) is 0 Å². The van der Waals surface area contributed by atoms with Crippen molar-refractivity contribution in [3.05, 3.63) is 65.2 Å². The standard InChI is InChI=1S/C26H36O/c1-3-5-6-7-22-12-18-26(19-13-22)27-20-23-10-16-25(17-11-23)24-14-8-21(4-2)9-15-24/h10-13,16-19,21,24H,3-9,14-15,20H2,1-2H3. The highest BCUT2D eigenvalue weighted by Crippen LogP contribution is 2.36. The van der Waals surface area contributed by atoms with E-state index in [9.17, 15) is 0 Å². The summed E-state index contributed by atoms with van der Waals surface area (Å²) in [7, 11) is 0. The van der Waals surface area contributed by atoms with E-state index in [0.29, 0.717) is 6.61 Å². The lowest BCUT2D eigenvalue weighted by atomic mass is 9.78. The fourth-order valence-corrected chi connectivity index (χ4v) is 4.29. The molecule has 0 saturated heterocycles. The Hall–Kier alpha value is -1.76. The highest BCUT2D eigenvalue weighted by atomic mass is 16.5. The summed E-state index contributed by atoms with van der Waals surface area (Å²) in [6.07, 6.45) is 11.9. The van der Waals surface area contributed by atoms with Gasteiger partial charge in [-0.1, -0.05) is 69.5 Å². The lowest BCUT2D eigenvalue weighted by molar-refractivity contribution is 0.305. The number of ether oxygens (including phenoxy) is 1. The van der Waals surface area contributed by atoms with E-state index in [0.717, 1.165) is 17.6 Å². The molecule has 3 rings (SSSR count). The topological polar surface area (TPSA) is 9.23 Å². The number of rotatable bonds is 9. The monoisotopic (exact) mass is 364 g/mol. The van der Waals surface area contributed by atoms with Crippen molar-refractivity contribution in [1.82, 2.24) is 0 Å². The van der Waals surface area contributed by atoms with Gasteiger partial charge in [-0.05, 0) is 79.2 Å². The Kier molecular flexibility index (Phi) is 7.80. The number of hydrogen-bond donors (Lipinski definition) is 0. The quantitative estimate of drug-likeness (QED) is 0.414. The van der Waals surface area contributed by atoms with Gasteiger partial charge in [-0.15, -0.1) is 0 Å². The summed E-state index contributed by atoms with van der Waals surface area (Å²) >= 11 is 0. The third kappa shape index (κ3) is 6.13. The van der Waals surface area contributed by atoms with Crippen LogP contribution in [-0.4, -0.2) is 0 Å². The van der Waals surface area contributed by atoms with E-state index >= 15 is 0 Å². The Labute approximate surface area is 166 Å². The largest absolute Gasteiger partial charge is 0.489 e. The number of benzene rings is 2. The molecule has 0 aromatic heterocycles. The molecule has 1 fully saturated rings. The van der Waals surface area contributed by atoms with Crippen LogP contribution in [0, 0.1) is 5.92 Å². The molecule has 0 radical (unpaired) electrons. The molecule has 0 aliphatic heterocycles. The Morgan fingerprint density at radius 2 is 1.44 bits per heavy atom. The number of aryl methyl sites for hydroxylation is 1. The summed E-state index contributed by atoms with van der Waals surface area (Å²) in [6.45, 7) is 5.23. The van der Waals surface area contributed by atoms with Crippen molar-refractivity contribution < 1.29 is 4.74 Å². The molecule has 27 heavy (non-hydrogen) atoms. The van der Waals surface area contributed by atoms with E-state index in [4.69, 9.17) is 4.74 Å². The van der Waals surface area contributed by atoms with Crippen molar-refractivity contribution in [2.24, 2.45) is 5.92 Å². The van der Waals surface area contributed by atoms with Gasteiger partial charge in [0.25, 0.3) is 0 Å². The van der Waals surface area contributed by atoms with Gasteiger partial charge in [0.05, 0.1) is 0 Å². The highest BCUT2D eigenvalue weighted by molar-refractivity contribution is 5.29. The molecule has 1 nitrogen and oxygen atoms in total. The fourth-order valence-electron chi connectivity index (χ4n) is 4.29. The Morgan fingerprint density at radius 1 is 0.778 bits per heavy atom. The van der Waals surface area contributed by atoms with Gasteiger partial charge in [0.1, 0.15) is 12.4 Å². The SMILES string of the molecule is CCCCCc1ccc(OCc2ccc(C3CCC(CC)CC3)cc2)cc1. The van der Waals surface area contributed by atoms with Crippen LogP contribution in [0.1, 0.15) is 87.8 Å². The van der Waals surface area contributed by atoms with E-state index < -0.39 is 0 Å². The van der Waals surface area contributed by atoms with Crippen molar-refractivity contribution in [3.63, 3.8) is 0 Å². The minimum absolute atomic E-state index is 0.651. The van der Waals surface area contributed by atoms with Gasteiger partial charge >= 0.3 is 0 Å². The Morgan fingerprint density at radius 3 is 2.07 bits per heavy atom.